The van der Waals surface area contributed by atoms with Crippen molar-refractivity contribution in [3.63, 3.8) is 0 Å². The number of amides is 1. The van der Waals surface area contributed by atoms with Crippen LogP contribution in [0.25, 0.3) is 0 Å². The van der Waals surface area contributed by atoms with Crippen molar-refractivity contribution in [1.82, 2.24) is 15.3 Å². The molecule has 8 nitrogen and oxygen atoms in total. The van der Waals surface area contributed by atoms with E-state index in [1.807, 2.05) is 6.92 Å². The predicted octanol–water partition coefficient (Wildman–Crippen LogP) is 1.52. The van der Waals surface area contributed by atoms with Crippen LogP contribution in [0, 0.1) is 10.1 Å². The summed E-state index contributed by atoms with van der Waals surface area (Å²) in [5.41, 5.74) is 4.98. The summed E-state index contributed by atoms with van der Waals surface area (Å²) in [6.07, 6.45) is 3.60. The van der Waals surface area contributed by atoms with Crippen LogP contribution in [-0.2, 0) is 13.0 Å². The highest BCUT2D eigenvalue weighted by atomic mass is 32.1. The number of nitrogens with one attached hydrogen (secondary N) is 1. The lowest BCUT2D eigenvalue weighted by Gasteiger charge is -2.04. The lowest BCUT2D eigenvalue weighted by atomic mass is 10.2. The van der Waals surface area contributed by atoms with Crippen molar-refractivity contribution in [1.29, 1.82) is 0 Å². The van der Waals surface area contributed by atoms with Crippen LogP contribution in [0.1, 0.15) is 27.2 Å². The molecule has 0 spiro atoms. The highest BCUT2D eigenvalue weighted by Crippen LogP contribution is 2.19. The molecule has 0 saturated carbocycles. The van der Waals surface area contributed by atoms with Gasteiger partial charge in [0.2, 0.25) is 0 Å². The largest absolute Gasteiger partial charge is 0.384 e. The number of nitrogens with zero attached hydrogens (tertiary/aromatic N) is 3. The number of anilines is 1. The minimum Gasteiger partial charge on any atom is -0.384 e. The standard InChI is InChI=1S/C12H13N5O3S/c1-2-7-4-15-11(21-7)6-16-12(18)8-3-10(13)14-5-9(8)17(19)20/h3-5H,2,6H2,1H3,(H2,13,14)(H,16,18). The van der Waals surface area contributed by atoms with E-state index in [4.69, 9.17) is 5.73 Å². The summed E-state index contributed by atoms with van der Waals surface area (Å²) in [4.78, 5) is 31.2. The van der Waals surface area contributed by atoms with Gasteiger partial charge in [-0.15, -0.1) is 11.3 Å². The molecule has 1 amide bonds. The Morgan fingerprint density at radius 3 is 2.86 bits per heavy atom. The number of carbonyl (C=O) groups is 1. The third-order valence-electron chi connectivity index (χ3n) is 2.70. The maximum absolute atomic E-state index is 12.0. The van der Waals surface area contributed by atoms with Crippen LogP contribution in [0.3, 0.4) is 0 Å². The van der Waals surface area contributed by atoms with E-state index < -0.39 is 10.8 Å². The van der Waals surface area contributed by atoms with Crippen LogP contribution in [0.15, 0.2) is 18.5 Å². The normalized spacial score (nSPS) is 10.3. The average molecular weight is 307 g/mol. The summed E-state index contributed by atoms with van der Waals surface area (Å²) in [5.74, 6) is -0.530. The number of hydrogen-bond donors (Lipinski definition) is 2. The predicted molar refractivity (Wildman–Crippen MR) is 78.0 cm³/mol. The molecule has 0 aromatic carbocycles. The first-order valence-corrected chi connectivity index (χ1v) is 6.94. The Hall–Kier alpha value is -2.55. The molecule has 0 aliphatic heterocycles. The van der Waals surface area contributed by atoms with E-state index in [-0.39, 0.29) is 23.6 Å². The van der Waals surface area contributed by atoms with Crippen LogP contribution in [0.4, 0.5) is 11.5 Å². The molecule has 110 valence electrons. The molecule has 2 aromatic heterocycles. The van der Waals surface area contributed by atoms with Gasteiger partial charge in [-0.05, 0) is 12.5 Å². The lowest BCUT2D eigenvalue weighted by Crippen LogP contribution is -2.24. The number of nitrogen functional groups attached to an aromatic ring is 1. The van der Waals surface area contributed by atoms with Crippen molar-refractivity contribution in [2.75, 3.05) is 5.73 Å². The van der Waals surface area contributed by atoms with Crippen LogP contribution >= 0.6 is 11.3 Å². The van der Waals surface area contributed by atoms with E-state index in [0.29, 0.717) is 0 Å². The van der Waals surface area contributed by atoms with Gasteiger partial charge in [0.1, 0.15) is 22.6 Å². The van der Waals surface area contributed by atoms with Crippen molar-refractivity contribution in [3.8, 4) is 0 Å². The highest BCUT2D eigenvalue weighted by molar-refractivity contribution is 7.11. The number of carbonyl (C=O) groups excluding carboxylic acids is 1. The zero-order chi connectivity index (χ0) is 15.4. The first-order valence-electron chi connectivity index (χ1n) is 6.13. The third-order valence-corrected chi connectivity index (χ3v) is 3.84. The fourth-order valence-electron chi connectivity index (χ4n) is 1.64. The summed E-state index contributed by atoms with van der Waals surface area (Å²) in [6, 6.07) is 1.19. The van der Waals surface area contributed by atoms with Crippen LogP contribution in [0.2, 0.25) is 0 Å². The Morgan fingerprint density at radius 2 is 2.24 bits per heavy atom. The van der Waals surface area contributed by atoms with Gasteiger partial charge in [-0.3, -0.25) is 14.9 Å². The topological polar surface area (TPSA) is 124 Å². The molecular formula is C12H13N5O3S. The molecular weight excluding hydrogens is 294 g/mol. The summed E-state index contributed by atoms with van der Waals surface area (Å²) in [6.45, 7) is 2.22. The molecule has 0 atom stereocenters. The average Bonchev–Trinajstić information content (AvgIpc) is 2.92. The number of aryl methyl sites for hydroxylation is 1. The first-order chi connectivity index (χ1) is 10.0. The van der Waals surface area contributed by atoms with Gasteiger partial charge in [0.05, 0.1) is 11.5 Å². The van der Waals surface area contributed by atoms with E-state index >= 15 is 0 Å². The second-order valence-electron chi connectivity index (χ2n) is 4.14. The van der Waals surface area contributed by atoms with Gasteiger partial charge >= 0.3 is 0 Å². The van der Waals surface area contributed by atoms with E-state index in [2.05, 4.69) is 15.3 Å². The molecule has 2 rings (SSSR count). The highest BCUT2D eigenvalue weighted by Gasteiger charge is 2.21. The van der Waals surface area contributed by atoms with Crippen LogP contribution < -0.4 is 11.1 Å². The van der Waals surface area contributed by atoms with E-state index in [0.717, 1.165) is 22.5 Å². The van der Waals surface area contributed by atoms with Crippen molar-refractivity contribution in [2.24, 2.45) is 0 Å². The number of thiazole rings is 1. The minimum absolute atomic E-state index is 0.0493. The van der Waals surface area contributed by atoms with Crippen LogP contribution in [0.5, 0.6) is 0 Å². The van der Waals surface area contributed by atoms with Crippen LogP contribution in [-0.4, -0.2) is 20.8 Å². The zero-order valence-corrected chi connectivity index (χ0v) is 12.0. The van der Waals surface area contributed by atoms with Gasteiger partial charge < -0.3 is 11.1 Å². The van der Waals surface area contributed by atoms with Gasteiger partial charge in [-0.1, -0.05) is 6.92 Å². The number of hydrogen-bond acceptors (Lipinski definition) is 7. The number of nitro groups is 1. The number of rotatable bonds is 5. The molecule has 0 radical (unpaired) electrons. The Morgan fingerprint density at radius 1 is 1.48 bits per heavy atom. The second-order valence-corrected chi connectivity index (χ2v) is 5.34. The number of aromatic nitrogens is 2. The molecule has 0 unspecified atom stereocenters. The maximum atomic E-state index is 12.0. The van der Waals surface area contributed by atoms with Gasteiger partial charge in [0, 0.05) is 11.1 Å². The lowest BCUT2D eigenvalue weighted by molar-refractivity contribution is -0.385. The molecule has 0 fully saturated rings. The molecule has 0 saturated heterocycles. The van der Waals surface area contributed by atoms with Crippen molar-refractivity contribution in [2.45, 2.75) is 19.9 Å². The fourth-order valence-corrected chi connectivity index (χ4v) is 2.44. The molecule has 21 heavy (non-hydrogen) atoms. The van der Waals surface area contributed by atoms with Gasteiger partial charge in [-0.25, -0.2) is 9.97 Å². The molecule has 0 bridgehead atoms. The van der Waals surface area contributed by atoms with E-state index in [9.17, 15) is 14.9 Å². The Bertz CT molecular complexity index is 685. The van der Waals surface area contributed by atoms with E-state index in [1.165, 1.54) is 17.4 Å². The summed E-state index contributed by atoms with van der Waals surface area (Å²) in [7, 11) is 0. The monoisotopic (exact) mass is 307 g/mol. The summed E-state index contributed by atoms with van der Waals surface area (Å²) in [5, 5.41) is 14.2. The Kier molecular flexibility index (Phi) is 4.43. The van der Waals surface area contributed by atoms with Gasteiger partial charge in [0.15, 0.2) is 0 Å². The SMILES string of the molecule is CCc1cnc(CNC(=O)c2cc(N)ncc2[N+](=O)[O-])s1. The van der Waals surface area contributed by atoms with Crippen molar-refractivity contribution < 1.29 is 9.72 Å². The van der Waals surface area contributed by atoms with Crippen molar-refractivity contribution >= 4 is 28.7 Å². The smallest absolute Gasteiger partial charge is 0.300 e. The second kappa shape index (κ2) is 6.27. The number of pyridine rings is 1. The summed E-state index contributed by atoms with van der Waals surface area (Å²) >= 11 is 1.49. The summed E-state index contributed by atoms with van der Waals surface area (Å²) < 4.78 is 0. The molecule has 0 aliphatic rings. The first kappa shape index (κ1) is 14.9. The van der Waals surface area contributed by atoms with Gasteiger partial charge in [0.25, 0.3) is 11.6 Å². The van der Waals surface area contributed by atoms with E-state index in [1.54, 1.807) is 6.20 Å². The molecule has 2 heterocycles. The molecule has 2 aromatic rings. The minimum atomic E-state index is -0.667. The Labute approximate surface area is 124 Å². The number of nitrogens with two attached hydrogens (primary N) is 1. The maximum Gasteiger partial charge on any atom is 0.300 e. The zero-order valence-electron chi connectivity index (χ0n) is 11.2. The molecule has 3 N–H and O–H groups in total. The van der Waals surface area contributed by atoms with Crippen molar-refractivity contribution in [3.05, 3.63) is 44.0 Å². The third kappa shape index (κ3) is 3.51. The quantitative estimate of drug-likeness (QED) is 0.637. The molecule has 9 heteroatoms. The van der Waals surface area contributed by atoms with Gasteiger partial charge in [-0.2, -0.15) is 0 Å². The fraction of sp³-hybridized carbons (Fsp3) is 0.250. The molecule has 0 aliphatic carbocycles. The Balaban J connectivity index is 2.13.